The average Bonchev–Trinajstić information content (AvgIpc) is 2.68. The van der Waals surface area contributed by atoms with E-state index in [9.17, 15) is 24.3 Å². The van der Waals surface area contributed by atoms with E-state index in [0.717, 1.165) is 9.80 Å². The molecule has 1 aromatic heterocycles. The third kappa shape index (κ3) is 5.54. The van der Waals surface area contributed by atoms with Gasteiger partial charge in [-0.1, -0.05) is 0 Å². The van der Waals surface area contributed by atoms with Crippen molar-refractivity contribution in [2.45, 2.75) is 23.2 Å². The van der Waals surface area contributed by atoms with Crippen molar-refractivity contribution < 1.29 is 60.0 Å². The van der Waals surface area contributed by atoms with Gasteiger partial charge in [-0.15, -0.1) is 23.5 Å². The van der Waals surface area contributed by atoms with Gasteiger partial charge < -0.3 is 21.4 Å². The second-order valence-corrected chi connectivity index (χ2v) is 8.10. The van der Waals surface area contributed by atoms with Crippen LogP contribution in [0.5, 0.6) is 0 Å². The number of esters is 1. The van der Waals surface area contributed by atoms with Crippen molar-refractivity contribution in [1.29, 1.82) is 0 Å². The van der Waals surface area contributed by atoms with Gasteiger partial charge in [0.1, 0.15) is 18.0 Å². The number of carbonyl (C=O) groups excluding carboxylic acids is 4. The molecule has 2 atom stereocenters. The van der Waals surface area contributed by atoms with Gasteiger partial charge in [0.2, 0.25) is 5.91 Å². The number of thioether (sulfide) groups is 2. The van der Waals surface area contributed by atoms with Gasteiger partial charge in [-0.05, 0) is 12.1 Å². The molecule has 29 heavy (non-hydrogen) atoms. The topological polar surface area (TPSA) is 129 Å². The Hall–Kier alpha value is -1.53. The van der Waals surface area contributed by atoms with Gasteiger partial charge in [-0.3, -0.25) is 24.3 Å². The first-order valence-electron chi connectivity index (χ1n) is 8.22. The summed E-state index contributed by atoms with van der Waals surface area (Å²) in [5.41, 5.74) is 0.00878. The number of nitrogens with zero attached hydrogens (tertiary/aromatic N) is 2. The van der Waals surface area contributed by atoms with Crippen molar-refractivity contribution in [1.82, 2.24) is 15.2 Å². The Morgan fingerprint density at radius 3 is 2.72 bits per heavy atom. The molecule has 1 fully saturated rings. The summed E-state index contributed by atoms with van der Waals surface area (Å²) in [6.45, 7) is 0.990. The van der Waals surface area contributed by atoms with Crippen LogP contribution in [0.25, 0.3) is 0 Å². The standard InChI is InChI=1S/C17H17N3O6S2.Na.H/c1-9(21)26-6-10-7-28-16-13(15(23)20(16)14(10)17(24)25)19-12(22)8-27-11-2-4-18-5-3-11;;/h2-5,13,16H,6-8H2,1H3,(H,19,22)(H,24,25);;/q;+1;-1/p-1/t13-,16-;;/m1../s1. The molecule has 0 aromatic carbocycles. The van der Waals surface area contributed by atoms with Gasteiger partial charge in [-0.25, -0.2) is 0 Å². The second-order valence-electron chi connectivity index (χ2n) is 5.95. The van der Waals surface area contributed by atoms with E-state index in [1.807, 2.05) is 0 Å². The maximum Gasteiger partial charge on any atom is 1.00 e. The molecule has 1 N–H and O–H groups in total. The molecular formula is C17H17N3NaO6S2-. The normalized spacial score (nSPS) is 20.2. The maximum absolute atomic E-state index is 12.5. The molecule has 2 amide bonds. The van der Waals surface area contributed by atoms with Gasteiger partial charge in [0.15, 0.2) is 0 Å². The number of pyridine rings is 1. The van der Waals surface area contributed by atoms with Crippen molar-refractivity contribution in [3.05, 3.63) is 35.8 Å². The molecule has 12 heteroatoms. The molecule has 150 valence electrons. The summed E-state index contributed by atoms with van der Waals surface area (Å²) in [5.74, 6) is -2.55. The van der Waals surface area contributed by atoms with E-state index < -0.39 is 29.3 Å². The number of hydrogen-bond donors (Lipinski definition) is 1. The smallest absolute Gasteiger partial charge is 1.00 e. The summed E-state index contributed by atoms with van der Waals surface area (Å²) in [6.07, 6.45) is 3.24. The molecule has 0 aliphatic carbocycles. The summed E-state index contributed by atoms with van der Waals surface area (Å²) in [5, 5.41) is 13.6. The van der Waals surface area contributed by atoms with Gasteiger partial charge in [0, 0.05) is 35.5 Å². The van der Waals surface area contributed by atoms with Gasteiger partial charge >= 0.3 is 35.5 Å². The van der Waals surface area contributed by atoms with Gasteiger partial charge in [0.05, 0.1) is 17.4 Å². The number of rotatable bonds is 7. The van der Waals surface area contributed by atoms with E-state index in [2.05, 4.69) is 10.3 Å². The van der Waals surface area contributed by atoms with Crippen LogP contribution < -0.4 is 40.0 Å². The molecule has 0 spiro atoms. The minimum absolute atomic E-state index is 0. The van der Waals surface area contributed by atoms with Crippen LogP contribution in [-0.4, -0.2) is 63.2 Å². The zero-order chi connectivity index (χ0) is 20.3. The number of fused-ring (bicyclic) bond motifs is 1. The molecule has 3 rings (SSSR count). The number of aromatic nitrogens is 1. The Morgan fingerprint density at radius 2 is 2.10 bits per heavy atom. The van der Waals surface area contributed by atoms with Crippen LogP contribution in [0.1, 0.15) is 8.35 Å². The van der Waals surface area contributed by atoms with Crippen molar-refractivity contribution >= 4 is 47.3 Å². The fourth-order valence-corrected chi connectivity index (χ4v) is 4.79. The van der Waals surface area contributed by atoms with Crippen LogP contribution in [0.15, 0.2) is 40.7 Å². The molecule has 0 radical (unpaired) electrons. The predicted octanol–water partition coefficient (Wildman–Crippen LogP) is -3.74. The van der Waals surface area contributed by atoms with E-state index in [4.69, 9.17) is 4.74 Å². The molecule has 0 saturated carbocycles. The van der Waals surface area contributed by atoms with Crippen LogP contribution >= 0.6 is 23.5 Å². The molecule has 2 aliphatic rings. The Morgan fingerprint density at radius 1 is 1.41 bits per heavy atom. The number of amides is 2. The Bertz CT molecular complexity index is 857. The third-order valence-corrected chi connectivity index (χ3v) is 6.38. The SMILES string of the molecule is CC(=O)OCC1=C(C(=O)[O-])N2C(=O)[C@@H](NC(=O)CSc3ccncc3)[C@H]2SC1.[H-].[Na+]. The van der Waals surface area contributed by atoms with E-state index in [0.29, 0.717) is 5.57 Å². The largest absolute Gasteiger partial charge is 1.00 e. The number of carboxylic acid groups (broad SMARTS) is 1. The molecular weight excluding hydrogens is 429 g/mol. The Labute approximate surface area is 198 Å². The van der Waals surface area contributed by atoms with Crippen molar-refractivity contribution in [3.8, 4) is 0 Å². The summed E-state index contributed by atoms with van der Waals surface area (Å²) in [7, 11) is 0. The van der Waals surface area contributed by atoms with E-state index in [1.165, 1.54) is 30.4 Å². The van der Waals surface area contributed by atoms with Crippen LogP contribution in [0, 0.1) is 0 Å². The quantitative estimate of drug-likeness (QED) is 0.194. The number of carboxylic acids is 1. The fraction of sp³-hybridized carbons (Fsp3) is 0.353. The Kier molecular flexibility index (Phi) is 8.58. The molecule has 0 bridgehead atoms. The molecule has 1 aromatic rings. The van der Waals surface area contributed by atoms with Crippen LogP contribution in [0.3, 0.4) is 0 Å². The molecule has 1 saturated heterocycles. The van der Waals surface area contributed by atoms with Crippen LogP contribution in [-0.2, 0) is 23.9 Å². The van der Waals surface area contributed by atoms with E-state index in [-0.39, 0.29) is 60.7 Å². The van der Waals surface area contributed by atoms with Gasteiger partial charge in [0.25, 0.3) is 5.91 Å². The van der Waals surface area contributed by atoms with Crippen molar-refractivity contribution in [3.63, 3.8) is 0 Å². The molecule has 0 unspecified atom stereocenters. The summed E-state index contributed by atoms with van der Waals surface area (Å²) in [4.78, 5) is 53.0. The number of nitrogens with one attached hydrogen (secondary N) is 1. The number of carbonyl (C=O) groups is 4. The van der Waals surface area contributed by atoms with E-state index in [1.54, 1.807) is 24.5 Å². The number of β-lactam (4-membered cyclic amide) rings is 1. The second kappa shape index (κ2) is 10.5. The first-order chi connectivity index (χ1) is 13.4. The maximum atomic E-state index is 12.5. The number of hydrogen-bond acceptors (Lipinski definition) is 9. The zero-order valence-electron chi connectivity index (χ0n) is 16.7. The monoisotopic (exact) mass is 446 g/mol. The fourth-order valence-electron chi connectivity index (χ4n) is 2.77. The van der Waals surface area contributed by atoms with Crippen LogP contribution in [0.4, 0.5) is 0 Å². The molecule has 9 nitrogen and oxygen atoms in total. The van der Waals surface area contributed by atoms with Crippen LogP contribution in [0.2, 0.25) is 0 Å². The Balaban J connectivity index is 0.00000225. The third-order valence-electron chi connectivity index (χ3n) is 4.03. The van der Waals surface area contributed by atoms with Crippen molar-refractivity contribution in [2.75, 3.05) is 18.1 Å². The minimum Gasteiger partial charge on any atom is -1.00 e. The van der Waals surface area contributed by atoms with E-state index >= 15 is 0 Å². The minimum atomic E-state index is -1.51. The average molecular weight is 446 g/mol. The van der Waals surface area contributed by atoms with Crippen molar-refractivity contribution in [2.24, 2.45) is 0 Å². The number of aliphatic carboxylic acids is 1. The van der Waals surface area contributed by atoms with Gasteiger partial charge in [-0.2, -0.15) is 0 Å². The predicted molar refractivity (Wildman–Crippen MR) is 99.8 cm³/mol. The first-order valence-corrected chi connectivity index (χ1v) is 10.3. The molecule has 3 heterocycles. The summed E-state index contributed by atoms with van der Waals surface area (Å²) >= 11 is 2.60. The zero-order valence-corrected chi connectivity index (χ0v) is 19.4. The summed E-state index contributed by atoms with van der Waals surface area (Å²) in [6, 6.07) is 2.74. The molecule has 2 aliphatic heterocycles. The number of ether oxygens (including phenoxy) is 1. The first kappa shape index (κ1) is 23.7. The summed E-state index contributed by atoms with van der Waals surface area (Å²) < 4.78 is 4.85.